The molecule has 4 nitrogen and oxygen atoms in total. The predicted octanol–water partition coefficient (Wildman–Crippen LogP) is 0.379. The van der Waals surface area contributed by atoms with Gasteiger partial charge in [0.15, 0.2) is 0 Å². The first-order valence-corrected chi connectivity index (χ1v) is 5.84. The normalized spacial score (nSPS) is 15.4. The van der Waals surface area contributed by atoms with Gasteiger partial charge in [0, 0.05) is 5.54 Å². The highest BCUT2D eigenvalue weighted by Gasteiger charge is 2.27. The Morgan fingerprint density at radius 2 is 1.85 bits per heavy atom. The topological polar surface area (TPSA) is 72.2 Å². The van der Waals surface area contributed by atoms with Crippen LogP contribution in [0.15, 0.2) is 0 Å². The highest BCUT2D eigenvalue weighted by atomic mass is 32.2. The molecule has 3 N–H and O–H groups in total. The van der Waals surface area contributed by atoms with Gasteiger partial charge in [-0.2, -0.15) is 0 Å². The fourth-order valence-corrected chi connectivity index (χ4v) is 2.38. The Hall–Kier alpha value is -0.200. The van der Waals surface area contributed by atoms with Gasteiger partial charge < -0.3 is 5.73 Å². The number of hydrogen-bond donors (Lipinski definition) is 2. The van der Waals surface area contributed by atoms with E-state index in [9.17, 15) is 8.42 Å². The van der Waals surface area contributed by atoms with Crippen molar-refractivity contribution in [1.29, 1.82) is 0 Å². The molecular formula is C7H16N2O2S2. The fourth-order valence-electron chi connectivity index (χ4n) is 0.668. The molecular weight excluding hydrogens is 208 g/mol. The molecule has 6 heteroatoms. The zero-order chi connectivity index (χ0) is 10.9. The second-order valence-corrected chi connectivity index (χ2v) is 6.41. The van der Waals surface area contributed by atoms with Crippen LogP contribution >= 0.6 is 12.2 Å². The van der Waals surface area contributed by atoms with Crippen molar-refractivity contribution < 1.29 is 8.42 Å². The van der Waals surface area contributed by atoms with Crippen molar-refractivity contribution >= 4 is 27.2 Å². The third-order valence-electron chi connectivity index (χ3n) is 1.31. The Labute approximate surface area is 84.9 Å². The van der Waals surface area contributed by atoms with Crippen LogP contribution in [-0.4, -0.2) is 24.2 Å². The molecule has 1 unspecified atom stereocenters. The molecule has 0 bridgehead atoms. The number of nitrogens with one attached hydrogen (secondary N) is 1. The summed E-state index contributed by atoms with van der Waals surface area (Å²) in [5.74, 6) is 0. The summed E-state index contributed by atoms with van der Waals surface area (Å²) < 4.78 is 25.5. The van der Waals surface area contributed by atoms with Crippen LogP contribution in [0.3, 0.4) is 0 Å². The number of thiocarbonyl (C=S) groups is 1. The van der Waals surface area contributed by atoms with Crippen molar-refractivity contribution in [2.24, 2.45) is 5.73 Å². The highest BCUT2D eigenvalue weighted by molar-refractivity contribution is 7.93. The van der Waals surface area contributed by atoms with E-state index in [1.807, 2.05) is 0 Å². The summed E-state index contributed by atoms with van der Waals surface area (Å²) in [5, 5.41) is -0.832. The number of sulfonamides is 1. The first-order chi connectivity index (χ1) is 5.56. The van der Waals surface area contributed by atoms with Gasteiger partial charge in [-0.25, -0.2) is 13.1 Å². The summed E-state index contributed by atoms with van der Waals surface area (Å²) in [5.41, 5.74) is 4.75. The second kappa shape index (κ2) is 3.89. The summed E-state index contributed by atoms with van der Waals surface area (Å²) >= 11 is 4.61. The number of nitrogens with two attached hydrogens (primary N) is 1. The minimum absolute atomic E-state index is 0.0169. The molecule has 0 aromatic carbocycles. The zero-order valence-corrected chi connectivity index (χ0v) is 9.92. The highest BCUT2D eigenvalue weighted by Crippen LogP contribution is 2.06. The van der Waals surface area contributed by atoms with Crippen molar-refractivity contribution in [2.75, 3.05) is 0 Å². The maximum Gasteiger partial charge on any atom is 0.221 e. The van der Waals surface area contributed by atoms with Crippen molar-refractivity contribution in [3.8, 4) is 0 Å². The van der Waals surface area contributed by atoms with Crippen LogP contribution < -0.4 is 10.5 Å². The van der Waals surface area contributed by atoms with Gasteiger partial charge in [0.1, 0.15) is 5.25 Å². The van der Waals surface area contributed by atoms with Crippen LogP contribution in [0.1, 0.15) is 27.7 Å². The summed E-state index contributed by atoms with van der Waals surface area (Å²) in [6, 6.07) is 0. The third-order valence-corrected chi connectivity index (χ3v) is 3.90. The lowest BCUT2D eigenvalue weighted by molar-refractivity contribution is 0.490. The average molecular weight is 224 g/mol. The smallest absolute Gasteiger partial charge is 0.221 e. The number of hydrogen-bond acceptors (Lipinski definition) is 3. The molecule has 0 aromatic rings. The largest absolute Gasteiger partial charge is 0.392 e. The van der Waals surface area contributed by atoms with Gasteiger partial charge in [0.2, 0.25) is 10.0 Å². The SMILES string of the molecule is CC(C(N)=S)S(=O)(=O)NC(C)(C)C. The molecule has 78 valence electrons. The van der Waals surface area contributed by atoms with E-state index in [1.165, 1.54) is 6.92 Å². The van der Waals surface area contributed by atoms with E-state index >= 15 is 0 Å². The van der Waals surface area contributed by atoms with Crippen LogP contribution in [0, 0.1) is 0 Å². The maximum absolute atomic E-state index is 11.5. The maximum atomic E-state index is 11.5. The quantitative estimate of drug-likeness (QED) is 0.680. The lowest BCUT2D eigenvalue weighted by Gasteiger charge is -2.22. The molecule has 0 aromatic heterocycles. The zero-order valence-electron chi connectivity index (χ0n) is 8.29. The van der Waals surface area contributed by atoms with E-state index < -0.39 is 20.8 Å². The van der Waals surface area contributed by atoms with E-state index in [2.05, 4.69) is 16.9 Å². The van der Waals surface area contributed by atoms with Gasteiger partial charge in [0.05, 0.1) is 4.99 Å². The molecule has 0 aliphatic heterocycles. The summed E-state index contributed by atoms with van der Waals surface area (Å²) in [7, 11) is -3.43. The predicted molar refractivity (Wildman–Crippen MR) is 58.1 cm³/mol. The van der Waals surface area contributed by atoms with Crippen LogP contribution in [0.5, 0.6) is 0 Å². The molecule has 0 fully saturated rings. The van der Waals surface area contributed by atoms with Crippen molar-refractivity contribution in [2.45, 2.75) is 38.5 Å². The van der Waals surface area contributed by atoms with Gasteiger partial charge in [-0.05, 0) is 27.7 Å². The Kier molecular flexibility index (Phi) is 3.83. The Morgan fingerprint density at radius 3 is 2.08 bits per heavy atom. The molecule has 0 rings (SSSR count). The van der Waals surface area contributed by atoms with Crippen molar-refractivity contribution in [3.63, 3.8) is 0 Å². The number of rotatable bonds is 3. The molecule has 0 amide bonds. The standard InChI is InChI=1S/C7H16N2O2S2/c1-5(6(8)12)13(10,11)9-7(2,3)4/h5,9H,1-4H3,(H2,8,12). The molecule has 0 spiro atoms. The van der Waals surface area contributed by atoms with E-state index in [-0.39, 0.29) is 4.99 Å². The second-order valence-electron chi connectivity index (χ2n) is 3.94. The Morgan fingerprint density at radius 1 is 1.46 bits per heavy atom. The van der Waals surface area contributed by atoms with Gasteiger partial charge >= 0.3 is 0 Å². The molecule has 0 heterocycles. The molecule has 0 radical (unpaired) electrons. The summed E-state index contributed by atoms with van der Waals surface area (Å²) in [4.78, 5) is -0.0169. The molecule has 1 atom stereocenters. The fraction of sp³-hybridized carbons (Fsp3) is 0.857. The van der Waals surface area contributed by atoms with Crippen LogP contribution in [0.4, 0.5) is 0 Å². The average Bonchev–Trinajstić information content (AvgIpc) is 1.80. The van der Waals surface area contributed by atoms with Gasteiger partial charge in [-0.1, -0.05) is 12.2 Å². The van der Waals surface area contributed by atoms with Crippen LogP contribution in [0.2, 0.25) is 0 Å². The Balaban J connectivity index is 4.71. The molecule has 0 saturated carbocycles. The molecule has 0 aliphatic carbocycles. The minimum atomic E-state index is -3.43. The van der Waals surface area contributed by atoms with Crippen LogP contribution in [0.25, 0.3) is 0 Å². The minimum Gasteiger partial charge on any atom is -0.392 e. The summed E-state index contributed by atoms with van der Waals surface area (Å²) in [6.07, 6.45) is 0. The van der Waals surface area contributed by atoms with Crippen molar-refractivity contribution in [3.05, 3.63) is 0 Å². The molecule has 0 saturated heterocycles. The Bertz CT molecular complexity index is 290. The van der Waals surface area contributed by atoms with Gasteiger partial charge in [-0.15, -0.1) is 0 Å². The van der Waals surface area contributed by atoms with Crippen molar-refractivity contribution in [1.82, 2.24) is 4.72 Å². The third kappa shape index (κ3) is 4.54. The lowest BCUT2D eigenvalue weighted by Crippen LogP contribution is -2.47. The van der Waals surface area contributed by atoms with Gasteiger partial charge in [-0.3, -0.25) is 0 Å². The lowest BCUT2D eigenvalue weighted by atomic mass is 10.1. The first-order valence-electron chi connectivity index (χ1n) is 3.88. The molecule has 13 heavy (non-hydrogen) atoms. The first kappa shape index (κ1) is 12.8. The molecule has 0 aliphatic rings. The summed E-state index contributed by atoms with van der Waals surface area (Å²) in [6.45, 7) is 6.75. The van der Waals surface area contributed by atoms with Gasteiger partial charge in [0.25, 0.3) is 0 Å². The van der Waals surface area contributed by atoms with E-state index in [0.717, 1.165) is 0 Å². The van der Waals surface area contributed by atoms with E-state index in [1.54, 1.807) is 20.8 Å². The van der Waals surface area contributed by atoms with E-state index in [4.69, 9.17) is 5.73 Å². The van der Waals surface area contributed by atoms with E-state index in [0.29, 0.717) is 0 Å². The monoisotopic (exact) mass is 224 g/mol. The van der Waals surface area contributed by atoms with Crippen LogP contribution in [-0.2, 0) is 10.0 Å².